The Hall–Kier alpha value is -2.48. The molecule has 1 atom stereocenters. The van der Waals surface area contributed by atoms with E-state index in [1.807, 2.05) is 18.2 Å². The number of thiazole rings is 1. The molecule has 0 radical (unpaired) electrons. The van der Waals surface area contributed by atoms with Crippen molar-refractivity contribution in [2.45, 2.75) is 6.04 Å². The number of ketones is 1. The number of carbonyl (C=O) groups excluding carboxylic acids is 2. The SMILES string of the molecule is O=C1C(=O)N(c2nccs2)[C@H](c2cccc(Br)c2)/C1=C(\O)c1ccc(Cl)cc1. The van der Waals surface area contributed by atoms with Gasteiger partial charge in [-0.2, -0.15) is 0 Å². The molecule has 1 saturated heterocycles. The smallest absolute Gasteiger partial charge is 0.301 e. The van der Waals surface area contributed by atoms with Crippen LogP contribution in [0.1, 0.15) is 17.2 Å². The van der Waals surface area contributed by atoms with Crippen LogP contribution in [0.25, 0.3) is 5.76 Å². The molecule has 1 aliphatic heterocycles. The monoisotopic (exact) mass is 474 g/mol. The molecule has 1 amide bonds. The Balaban J connectivity index is 1.95. The van der Waals surface area contributed by atoms with Crippen LogP contribution in [-0.2, 0) is 9.59 Å². The van der Waals surface area contributed by atoms with Gasteiger partial charge in [-0.15, -0.1) is 11.3 Å². The summed E-state index contributed by atoms with van der Waals surface area (Å²) in [6, 6.07) is 12.9. The fourth-order valence-electron chi connectivity index (χ4n) is 3.12. The lowest BCUT2D eigenvalue weighted by molar-refractivity contribution is -0.132. The molecule has 0 spiro atoms. The molecule has 1 aromatic heterocycles. The van der Waals surface area contributed by atoms with Gasteiger partial charge in [0.05, 0.1) is 11.6 Å². The summed E-state index contributed by atoms with van der Waals surface area (Å²) in [7, 11) is 0. The van der Waals surface area contributed by atoms with Crippen molar-refractivity contribution >= 4 is 61.4 Å². The number of amides is 1. The average molecular weight is 476 g/mol. The fraction of sp³-hybridized carbons (Fsp3) is 0.0500. The maximum Gasteiger partial charge on any atom is 0.301 e. The normalized spacial score (nSPS) is 18.6. The number of aromatic nitrogens is 1. The molecular formula is C20H12BrClN2O3S. The van der Waals surface area contributed by atoms with Crippen LogP contribution in [0, 0.1) is 0 Å². The maximum absolute atomic E-state index is 12.9. The van der Waals surface area contributed by atoms with Gasteiger partial charge in [-0.05, 0) is 42.0 Å². The third kappa shape index (κ3) is 3.26. The van der Waals surface area contributed by atoms with Crippen LogP contribution in [0.5, 0.6) is 0 Å². The van der Waals surface area contributed by atoms with Crippen LogP contribution in [0.3, 0.4) is 0 Å². The molecule has 2 heterocycles. The first-order chi connectivity index (χ1) is 13.5. The first-order valence-electron chi connectivity index (χ1n) is 8.19. The van der Waals surface area contributed by atoms with E-state index >= 15 is 0 Å². The highest BCUT2D eigenvalue weighted by molar-refractivity contribution is 9.10. The van der Waals surface area contributed by atoms with Crippen LogP contribution < -0.4 is 4.90 Å². The lowest BCUT2D eigenvalue weighted by Crippen LogP contribution is -2.29. The van der Waals surface area contributed by atoms with Crippen LogP contribution >= 0.6 is 38.9 Å². The molecule has 3 aromatic rings. The standard InChI is InChI=1S/C20H12BrClN2O3S/c21-13-3-1-2-12(10-13)16-15(17(25)11-4-6-14(22)7-5-11)18(26)19(27)24(16)20-23-8-9-28-20/h1-10,16,25H/b17-15+/t16-/m1/s1. The molecule has 2 aromatic carbocycles. The zero-order valence-electron chi connectivity index (χ0n) is 14.2. The number of aliphatic hydroxyl groups is 1. The summed E-state index contributed by atoms with van der Waals surface area (Å²) in [5.41, 5.74) is 1.10. The predicted molar refractivity (Wildman–Crippen MR) is 112 cm³/mol. The van der Waals surface area contributed by atoms with E-state index in [-0.39, 0.29) is 11.3 Å². The average Bonchev–Trinajstić information content (AvgIpc) is 3.29. The quantitative estimate of drug-likeness (QED) is 0.322. The van der Waals surface area contributed by atoms with Crippen molar-refractivity contribution in [3.05, 3.63) is 86.3 Å². The lowest BCUT2D eigenvalue weighted by Gasteiger charge is -2.23. The topological polar surface area (TPSA) is 70.5 Å². The van der Waals surface area contributed by atoms with Crippen LogP contribution in [0.2, 0.25) is 5.02 Å². The number of hydrogen-bond acceptors (Lipinski definition) is 5. The van der Waals surface area contributed by atoms with Gasteiger partial charge in [-0.25, -0.2) is 4.98 Å². The van der Waals surface area contributed by atoms with Gasteiger partial charge in [0.1, 0.15) is 5.76 Å². The summed E-state index contributed by atoms with van der Waals surface area (Å²) >= 11 is 10.6. The van der Waals surface area contributed by atoms with E-state index in [1.54, 1.807) is 41.9 Å². The van der Waals surface area contributed by atoms with Crippen molar-refractivity contribution in [1.82, 2.24) is 4.98 Å². The number of nitrogens with zero attached hydrogens (tertiary/aromatic N) is 2. The number of anilines is 1. The van der Waals surface area contributed by atoms with Crippen molar-refractivity contribution in [1.29, 1.82) is 0 Å². The Morgan fingerprint density at radius 1 is 1.18 bits per heavy atom. The Morgan fingerprint density at radius 2 is 1.93 bits per heavy atom. The van der Waals surface area contributed by atoms with E-state index in [2.05, 4.69) is 20.9 Å². The highest BCUT2D eigenvalue weighted by atomic mass is 79.9. The van der Waals surface area contributed by atoms with E-state index in [0.29, 0.717) is 21.3 Å². The molecule has 28 heavy (non-hydrogen) atoms. The first-order valence-corrected chi connectivity index (χ1v) is 10.2. The zero-order chi connectivity index (χ0) is 19.8. The molecule has 1 N–H and O–H groups in total. The van der Waals surface area contributed by atoms with Gasteiger partial charge in [0.2, 0.25) is 0 Å². The van der Waals surface area contributed by atoms with Gasteiger partial charge < -0.3 is 5.11 Å². The number of benzene rings is 2. The number of carbonyl (C=O) groups is 2. The van der Waals surface area contributed by atoms with E-state index in [1.165, 1.54) is 16.2 Å². The van der Waals surface area contributed by atoms with E-state index < -0.39 is 17.7 Å². The number of aliphatic hydroxyl groups excluding tert-OH is 1. The first kappa shape index (κ1) is 18.9. The Bertz CT molecular complexity index is 1100. The molecule has 0 unspecified atom stereocenters. The number of halogens is 2. The number of rotatable bonds is 3. The van der Waals surface area contributed by atoms with Crippen LogP contribution in [0.15, 0.2) is 70.2 Å². The lowest BCUT2D eigenvalue weighted by atomic mass is 9.95. The van der Waals surface area contributed by atoms with E-state index in [0.717, 1.165) is 4.47 Å². The Morgan fingerprint density at radius 3 is 2.57 bits per heavy atom. The van der Waals surface area contributed by atoms with Crippen molar-refractivity contribution in [2.24, 2.45) is 0 Å². The molecule has 4 rings (SSSR count). The van der Waals surface area contributed by atoms with Crippen molar-refractivity contribution in [2.75, 3.05) is 4.90 Å². The summed E-state index contributed by atoms with van der Waals surface area (Å²) in [5, 5.41) is 13.5. The fourth-order valence-corrected chi connectivity index (χ4v) is 4.33. The van der Waals surface area contributed by atoms with Gasteiger partial charge in [0.25, 0.3) is 5.78 Å². The summed E-state index contributed by atoms with van der Waals surface area (Å²) in [5.74, 6) is -1.73. The number of Topliss-reactive ketones (excluding diaryl/α,β-unsaturated/α-hetero) is 1. The summed E-state index contributed by atoms with van der Waals surface area (Å²) in [6.07, 6.45) is 1.57. The third-order valence-electron chi connectivity index (χ3n) is 4.35. The molecule has 140 valence electrons. The van der Waals surface area contributed by atoms with Crippen molar-refractivity contribution in [3.8, 4) is 0 Å². The zero-order valence-corrected chi connectivity index (χ0v) is 17.3. The largest absolute Gasteiger partial charge is 0.507 e. The second kappa shape index (κ2) is 7.50. The molecule has 1 aliphatic rings. The predicted octanol–water partition coefficient (Wildman–Crippen LogP) is 5.19. The highest BCUT2D eigenvalue weighted by Crippen LogP contribution is 2.43. The van der Waals surface area contributed by atoms with Gasteiger partial charge >= 0.3 is 5.91 Å². The van der Waals surface area contributed by atoms with Gasteiger partial charge in [0.15, 0.2) is 5.13 Å². The van der Waals surface area contributed by atoms with Crippen molar-refractivity contribution in [3.63, 3.8) is 0 Å². The molecule has 0 aliphatic carbocycles. The van der Waals surface area contributed by atoms with Gasteiger partial charge in [-0.3, -0.25) is 14.5 Å². The minimum Gasteiger partial charge on any atom is -0.507 e. The second-order valence-electron chi connectivity index (χ2n) is 6.05. The minimum atomic E-state index is -0.792. The van der Waals surface area contributed by atoms with Gasteiger partial charge in [0, 0.05) is 26.6 Å². The Kier molecular flexibility index (Phi) is 5.05. The molecule has 1 fully saturated rings. The van der Waals surface area contributed by atoms with Crippen LogP contribution in [-0.4, -0.2) is 21.8 Å². The molecular weight excluding hydrogens is 464 g/mol. The summed E-state index contributed by atoms with van der Waals surface area (Å²) in [4.78, 5) is 31.3. The Labute approximate surface area is 178 Å². The third-order valence-corrected chi connectivity index (χ3v) is 5.87. The van der Waals surface area contributed by atoms with Gasteiger partial charge in [-0.1, -0.05) is 39.7 Å². The molecule has 0 bridgehead atoms. The highest BCUT2D eigenvalue weighted by Gasteiger charge is 2.47. The van der Waals surface area contributed by atoms with Crippen LogP contribution in [0.4, 0.5) is 5.13 Å². The van der Waals surface area contributed by atoms with E-state index in [4.69, 9.17) is 11.6 Å². The number of hydrogen-bond donors (Lipinski definition) is 1. The summed E-state index contributed by atoms with van der Waals surface area (Å²) in [6.45, 7) is 0. The molecule has 8 heteroatoms. The minimum absolute atomic E-state index is 0.0145. The van der Waals surface area contributed by atoms with Crippen molar-refractivity contribution < 1.29 is 14.7 Å². The van der Waals surface area contributed by atoms with E-state index in [9.17, 15) is 14.7 Å². The second-order valence-corrected chi connectivity index (χ2v) is 8.27. The summed E-state index contributed by atoms with van der Waals surface area (Å²) < 4.78 is 0.793. The molecule has 0 saturated carbocycles. The maximum atomic E-state index is 12.9. The molecule has 5 nitrogen and oxygen atoms in total.